The molecular weight excluding hydrogens is 434 g/mol. The van der Waals surface area contributed by atoms with Crippen molar-refractivity contribution in [2.75, 3.05) is 5.75 Å². The zero-order valence-corrected chi connectivity index (χ0v) is 17.6. The van der Waals surface area contributed by atoms with E-state index >= 15 is 0 Å². The van der Waals surface area contributed by atoms with E-state index in [-0.39, 0.29) is 33.3 Å². The average Bonchev–Trinajstić information content (AvgIpc) is 2.79. The number of nitriles is 2. The van der Waals surface area contributed by atoms with Crippen molar-refractivity contribution < 1.29 is 0 Å². The molecule has 0 spiro atoms. The number of benzene rings is 2. The highest BCUT2D eigenvalue weighted by molar-refractivity contribution is 8.00. The van der Waals surface area contributed by atoms with Gasteiger partial charge in [0.1, 0.15) is 23.5 Å². The number of nitrogens with one attached hydrogen (secondary N) is 2. The first-order valence-electron chi connectivity index (χ1n) is 8.85. The number of pyridine rings is 1. The van der Waals surface area contributed by atoms with Gasteiger partial charge >= 0.3 is 0 Å². The number of halogens is 1. The van der Waals surface area contributed by atoms with Crippen molar-refractivity contribution in [2.24, 2.45) is 16.8 Å². The van der Waals surface area contributed by atoms with E-state index in [1.165, 1.54) is 0 Å². The van der Waals surface area contributed by atoms with Crippen molar-refractivity contribution in [3.63, 3.8) is 0 Å². The Morgan fingerprint density at radius 2 is 1.77 bits per heavy atom. The Hall–Kier alpha value is -3.76. The summed E-state index contributed by atoms with van der Waals surface area (Å²) in [5, 5.41) is 23.9. The molecule has 6 N–H and O–H groups in total. The first-order valence-corrected chi connectivity index (χ1v) is 10.2. The van der Waals surface area contributed by atoms with Crippen LogP contribution in [-0.2, 0) is 0 Å². The van der Waals surface area contributed by atoms with Gasteiger partial charge in [0.05, 0.1) is 16.3 Å². The van der Waals surface area contributed by atoms with Crippen molar-refractivity contribution in [1.82, 2.24) is 10.4 Å². The average molecular weight is 450 g/mol. The third-order valence-electron chi connectivity index (χ3n) is 4.41. The molecule has 3 aromatic rings. The number of amidine groups is 1. The quantitative estimate of drug-likeness (QED) is 0.153. The van der Waals surface area contributed by atoms with E-state index in [2.05, 4.69) is 21.6 Å². The summed E-state index contributed by atoms with van der Waals surface area (Å²) in [6.45, 7) is 0. The predicted molar refractivity (Wildman–Crippen MR) is 122 cm³/mol. The zero-order chi connectivity index (χ0) is 22.4. The molecule has 154 valence electrons. The number of aromatic amines is 1. The second kappa shape index (κ2) is 9.83. The number of H-pyrrole nitrogens is 1. The highest BCUT2D eigenvalue weighted by Crippen LogP contribution is 2.33. The lowest BCUT2D eigenvalue weighted by atomic mass is 9.94. The van der Waals surface area contributed by atoms with E-state index in [4.69, 9.17) is 23.3 Å². The van der Waals surface area contributed by atoms with Gasteiger partial charge in [-0.25, -0.2) is 5.84 Å². The van der Waals surface area contributed by atoms with E-state index in [0.717, 1.165) is 22.9 Å². The number of nitrogens with zero attached hydrogens (tertiary/aromatic N) is 3. The van der Waals surface area contributed by atoms with Crippen molar-refractivity contribution >= 4 is 29.2 Å². The molecule has 10 heteroatoms. The van der Waals surface area contributed by atoms with Crippen LogP contribution in [-0.4, -0.2) is 16.6 Å². The second-order valence-corrected chi connectivity index (χ2v) is 7.65. The molecule has 1 aromatic heterocycles. The van der Waals surface area contributed by atoms with Crippen molar-refractivity contribution in [2.45, 2.75) is 5.03 Å². The Morgan fingerprint density at radius 3 is 2.39 bits per heavy atom. The third kappa shape index (κ3) is 4.71. The minimum atomic E-state index is -0.595. The molecule has 0 aliphatic carbocycles. The number of rotatable bonds is 5. The first kappa shape index (κ1) is 21.9. The minimum Gasteiger partial charge on any atom is -0.322 e. The Balaban J connectivity index is 2.17. The molecule has 2 aromatic carbocycles. The number of thioether (sulfide) groups is 1. The molecule has 0 bridgehead atoms. The summed E-state index contributed by atoms with van der Waals surface area (Å²) in [6.07, 6.45) is 0. The van der Waals surface area contributed by atoms with E-state index in [0.29, 0.717) is 10.6 Å². The van der Waals surface area contributed by atoms with Crippen LogP contribution in [0.4, 0.5) is 0 Å². The summed E-state index contributed by atoms with van der Waals surface area (Å²) < 4.78 is 0. The van der Waals surface area contributed by atoms with Gasteiger partial charge in [-0.1, -0.05) is 53.7 Å². The van der Waals surface area contributed by atoms with Crippen LogP contribution in [0.5, 0.6) is 0 Å². The van der Waals surface area contributed by atoms with E-state index in [9.17, 15) is 15.3 Å². The number of aromatic nitrogens is 1. The normalized spacial score (nSPS) is 10.9. The van der Waals surface area contributed by atoms with E-state index < -0.39 is 5.56 Å². The summed E-state index contributed by atoms with van der Waals surface area (Å²) in [5.41, 5.74) is 4.36. The maximum absolute atomic E-state index is 12.6. The maximum Gasteiger partial charge on any atom is 0.267 e. The maximum atomic E-state index is 12.6. The van der Waals surface area contributed by atoms with Crippen LogP contribution in [0.2, 0.25) is 5.02 Å². The van der Waals surface area contributed by atoms with Gasteiger partial charge in [-0.15, -0.1) is 0 Å². The van der Waals surface area contributed by atoms with Gasteiger partial charge in [-0.05, 0) is 34.9 Å². The van der Waals surface area contributed by atoms with E-state index in [1.807, 2.05) is 30.3 Å². The molecule has 0 aliphatic heterocycles. The van der Waals surface area contributed by atoms with Crippen molar-refractivity contribution in [3.8, 4) is 34.4 Å². The Morgan fingerprint density at radius 1 is 1.10 bits per heavy atom. The van der Waals surface area contributed by atoms with Crippen molar-refractivity contribution in [3.05, 3.63) is 75.0 Å². The van der Waals surface area contributed by atoms with E-state index in [1.54, 1.807) is 24.3 Å². The molecule has 0 saturated carbocycles. The molecule has 31 heavy (non-hydrogen) atoms. The number of hydrazine groups is 1. The number of hydrogen-bond donors (Lipinski definition) is 4. The van der Waals surface area contributed by atoms with Crippen LogP contribution in [0.15, 0.2) is 63.5 Å². The van der Waals surface area contributed by atoms with Gasteiger partial charge in [0.2, 0.25) is 0 Å². The Bertz CT molecular complexity index is 1290. The molecule has 0 saturated heterocycles. The number of nitrogens with two attached hydrogens (primary N) is 2. The monoisotopic (exact) mass is 449 g/mol. The van der Waals surface area contributed by atoms with Gasteiger partial charge in [-0.2, -0.15) is 15.6 Å². The smallest absolute Gasteiger partial charge is 0.267 e. The van der Waals surface area contributed by atoms with Gasteiger partial charge in [0.15, 0.2) is 0 Å². The summed E-state index contributed by atoms with van der Waals surface area (Å²) in [6, 6.07) is 18.6. The zero-order valence-electron chi connectivity index (χ0n) is 16.0. The third-order valence-corrected chi connectivity index (χ3v) is 5.67. The lowest BCUT2D eigenvalue weighted by Crippen LogP contribution is -2.33. The first-order chi connectivity index (χ1) is 15.0. The molecular formula is C21H16ClN7OS. The van der Waals surface area contributed by atoms with Gasteiger partial charge < -0.3 is 16.3 Å². The van der Waals surface area contributed by atoms with Crippen LogP contribution in [0.3, 0.4) is 0 Å². The van der Waals surface area contributed by atoms with Crippen LogP contribution in [0.1, 0.15) is 11.1 Å². The van der Waals surface area contributed by atoms with Crippen molar-refractivity contribution in [1.29, 1.82) is 10.5 Å². The molecule has 3 rings (SSSR count). The molecule has 0 unspecified atom stereocenters. The summed E-state index contributed by atoms with van der Waals surface area (Å²) in [7, 11) is 0. The molecule has 0 aliphatic rings. The van der Waals surface area contributed by atoms with Gasteiger partial charge in [0.25, 0.3) is 5.56 Å². The number of hydrogen-bond acceptors (Lipinski definition) is 7. The standard InChI is InChI=1S/C21H16ClN7OS/c22-15-6-4-12(5-7-15)13-2-1-3-14(8-13)19-16(9-23)20(30)27-21(17(19)10-24)31-11-18(28-25)29-26/h1-8H,11,25-26H2,(H,27,30)(H,28,29). The molecule has 0 radical (unpaired) electrons. The topological polar surface area (TPSA) is 157 Å². The molecule has 0 atom stereocenters. The summed E-state index contributed by atoms with van der Waals surface area (Å²) in [4.78, 5) is 15.2. The second-order valence-electron chi connectivity index (χ2n) is 6.23. The largest absolute Gasteiger partial charge is 0.322 e. The van der Waals surface area contributed by atoms with Crippen LogP contribution >= 0.6 is 23.4 Å². The molecule has 0 amide bonds. The van der Waals surface area contributed by atoms with Gasteiger partial charge in [0, 0.05) is 10.6 Å². The number of hydrazone groups is 1. The highest BCUT2D eigenvalue weighted by atomic mass is 35.5. The lowest BCUT2D eigenvalue weighted by molar-refractivity contribution is 0.995. The van der Waals surface area contributed by atoms with Gasteiger partial charge in [-0.3, -0.25) is 4.79 Å². The van der Waals surface area contributed by atoms with Crippen LogP contribution in [0.25, 0.3) is 22.3 Å². The fourth-order valence-corrected chi connectivity index (χ4v) is 3.97. The molecule has 1 heterocycles. The fourth-order valence-electron chi connectivity index (χ4n) is 2.94. The summed E-state index contributed by atoms with van der Waals surface area (Å²) in [5.74, 6) is 11.0. The fraction of sp³-hybridized carbons (Fsp3) is 0.0476. The summed E-state index contributed by atoms with van der Waals surface area (Å²) >= 11 is 7.09. The molecule has 0 fully saturated rings. The van der Waals surface area contributed by atoms with Crippen LogP contribution in [0, 0.1) is 22.7 Å². The highest BCUT2D eigenvalue weighted by Gasteiger charge is 2.20. The Labute approximate surface area is 187 Å². The molecule has 8 nitrogen and oxygen atoms in total. The minimum absolute atomic E-state index is 0.140. The van der Waals surface area contributed by atoms with Crippen LogP contribution < -0.4 is 22.7 Å². The SMILES string of the molecule is N#Cc1c(SC/C(=N/N)NN)[nH]c(=O)c(C#N)c1-c1cccc(-c2ccc(Cl)cc2)c1. The predicted octanol–water partition coefficient (Wildman–Crippen LogP) is 2.93. The lowest BCUT2D eigenvalue weighted by Gasteiger charge is -2.13. The Kier molecular flexibility index (Phi) is 6.96.